The maximum absolute atomic E-state index is 9.33. The molecule has 1 aliphatic rings. The summed E-state index contributed by atoms with van der Waals surface area (Å²) in [7, 11) is 0. The Bertz CT molecular complexity index is 540. The Labute approximate surface area is 164 Å². The highest BCUT2D eigenvalue weighted by molar-refractivity contribution is 5.80. The molecule has 27 heavy (non-hydrogen) atoms. The van der Waals surface area contributed by atoms with Gasteiger partial charge in [-0.25, -0.2) is 0 Å². The third-order valence-electron chi connectivity index (χ3n) is 4.96. The lowest BCUT2D eigenvalue weighted by atomic mass is 9.94. The lowest BCUT2D eigenvalue weighted by Gasteiger charge is -2.34. The summed E-state index contributed by atoms with van der Waals surface area (Å²) in [5.74, 6) is 3.03. The quantitative estimate of drug-likeness (QED) is 0.512. The van der Waals surface area contributed by atoms with Crippen LogP contribution in [0.5, 0.6) is 5.75 Å². The number of nitrogens with one attached hydrogen (secondary N) is 1. The summed E-state index contributed by atoms with van der Waals surface area (Å²) >= 11 is 0. The van der Waals surface area contributed by atoms with Gasteiger partial charge in [-0.1, -0.05) is 32.0 Å². The van der Waals surface area contributed by atoms with Crippen LogP contribution in [0.3, 0.4) is 0 Å². The first-order chi connectivity index (χ1) is 13.1. The van der Waals surface area contributed by atoms with Gasteiger partial charge >= 0.3 is 0 Å². The number of nitrogens with zero attached hydrogens (tertiary/aromatic N) is 2. The lowest BCUT2D eigenvalue weighted by molar-refractivity contribution is 0.129. The Morgan fingerprint density at radius 1 is 1.26 bits per heavy atom. The molecule has 0 amide bonds. The van der Waals surface area contributed by atoms with Crippen molar-refractivity contribution in [2.24, 2.45) is 16.8 Å². The summed E-state index contributed by atoms with van der Waals surface area (Å²) in [4.78, 5) is 7.24. The molecule has 0 aromatic heterocycles. The van der Waals surface area contributed by atoms with Gasteiger partial charge in [0.15, 0.2) is 5.96 Å². The molecule has 1 unspecified atom stereocenters. The Hall–Kier alpha value is -1.75. The molecule has 1 aromatic carbocycles. The van der Waals surface area contributed by atoms with Crippen LogP contribution in [0.15, 0.2) is 35.3 Å². The van der Waals surface area contributed by atoms with Gasteiger partial charge in [0.05, 0.1) is 0 Å². The van der Waals surface area contributed by atoms with Crippen molar-refractivity contribution in [3.05, 3.63) is 30.3 Å². The van der Waals surface area contributed by atoms with E-state index in [9.17, 15) is 5.11 Å². The largest absolute Gasteiger partial charge is 0.490 e. The number of benzene rings is 1. The van der Waals surface area contributed by atoms with Gasteiger partial charge in [-0.3, -0.25) is 4.99 Å². The van der Waals surface area contributed by atoms with Crippen molar-refractivity contribution in [3.63, 3.8) is 0 Å². The van der Waals surface area contributed by atoms with Gasteiger partial charge in [-0.15, -0.1) is 0 Å². The molecule has 1 heterocycles. The van der Waals surface area contributed by atoms with E-state index in [1.165, 1.54) is 0 Å². The van der Waals surface area contributed by atoms with E-state index in [1.807, 2.05) is 30.3 Å². The number of para-hydroxylation sites is 1. The Morgan fingerprint density at radius 2 is 1.96 bits per heavy atom. The Kier molecular flexibility index (Phi) is 9.46. The number of guanidine groups is 1. The van der Waals surface area contributed by atoms with Crippen LogP contribution in [-0.2, 0) is 0 Å². The average Bonchev–Trinajstić information content (AvgIpc) is 2.66. The topological polar surface area (TPSA) is 57.1 Å². The number of hydrogen-bond acceptors (Lipinski definition) is 3. The van der Waals surface area contributed by atoms with Gasteiger partial charge in [0, 0.05) is 45.6 Å². The summed E-state index contributed by atoms with van der Waals surface area (Å²) in [6.07, 6.45) is 4.22. The van der Waals surface area contributed by atoms with Crippen LogP contribution in [-0.4, -0.2) is 54.9 Å². The average molecular weight is 376 g/mol. The summed E-state index contributed by atoms with van der Waals surface area (Å²) in [5.41, 5.74) is 0. The van der Waals surface area contributed by atoms with Crippen LogP contribution in [0.25, 0.3) is 0 Å². The number of aliphatic hydroxyl groups excluding tert-OH is 1. The van der Waals surface area contributed by atoms with E-state index in [-0.39, 0.29) is 12.7 Å². The van der Waals surface area contributed by atoms with Gasteiger partial charge in [-0.05, 0) is 43.7 Å². The highest BCUT2D eigenvalue weighted by Gasteiger charge is 2.23. The number of ether oxygens (including phenoxy) is 1. The molecule has 0 radical (unpaired) electrons. The number of likely N-dealkylation sites (tertiary alicyclic amines) is 1. The summed E-state index contributed by atoms with van der Waals surface area (Å²) in [6, 6.07) is 10.1. The number of piperidine rings is 1. The molecule has 0 bridgehead atoms. The van der Waals surface area contributed by atoms with Gasteiger partial charge in [0.25, 0.3) is 0 Å². The zero-order chi connectivity index (χ0) is 19.5. The maximum atomic E-state index is 9.33. The maximum Gasteiger partial charge on any atom is 0.193 e. The van der Waals surface area contributed by atoms with Gasteiger partial charge in [0.1, 0.15) is 11.9 Å². The molecule has 1 aromatic rings. The minimum atomic E-state index is 0.242. The summed E-state index contributed by atoms with van der Waals surface area (Å²) in [6.45, 7) is 10.4. The highest BCUT2D eigenvalue weighted by Crippen LogP contribution is 2.19. The monoisotopic (exact) mass is 375 g/mol. The van der Waals surface area contributed by atoms with Crippen molar-refractivity contribution >= 4 is 5.96 Å². The Balaban J connectivity index is 1.88. The summed E-state index contributed by atoms with van der Waals surface area (Å²) < 4.78 is 6.10. The van der Waals surface area contributed by atoms with E-state index in [0.717, 1.165) is 63.6 Å². The zero-order valence-electron chi connectivity index (χ0n) is 17.2. The molecule has 0 spiro atoms. The number of aliphatic hydroxyl groups is 1. The molecule has 2 N–H and O–H groups in total. The zero-order valence-corrected chi connectivity index (χ0v) is 17.2. The molecule has 0 saturated carbocycles. The Morgan fingerprint density at radius 3 is 2.56 bits per heavy atom. The molecule has 1 atom stereocenters. The third-order valence-corrected chi connectivity index (χ3v) is 4.96. The molecule has 152 valence electrons. The molecular weight excluding hydrogens is 338 g/mol. The fourth-order valence-electron chi connectivity index (χ4n) is 3.65. The highest BCUT2D eigenvalue weighted by atomic mass is 16.5. The predicted molar refractivity (Wildman–Crippen MR) is 112 cm³/mol. The van der Waals surface area contributed by atoms with Gasteiger partial charge < -0.3 is 20.1 Å². The van der Waals surface area contributed by atoms with Crippen molar-refractivity contribution in [2.75, 3.05) is 32.8 Å². The minimum Gasteiger partial charge on any atom is -0.490 e. The molecule has 5 heteroatoms. The second-order valence-corrected chi connectivity index (χ2v) is 7.82. The van der Waals surface area contributed by atoms with Crippen LogP contribution in [0, 0.1) is 11.8 Å². The van der Waals surface area contributed by atoms with Gasteiger partial charge in [0.2, 0.25) is 0 Å². The van der Waals surface area contributed by atoms with Crippen LogP contribution in [0.1, 0.15) is 46.5 Å². The van der Waals surface area contributed by atoms with Crippen molar-refractivity contribution < 1.29 is 9.84 Å². The number of rotatable bonds is 9. The van der Waals surface area contributed by atoms with E-state index in [0.29, 0.717) is 11.8 Å². The fraction of sp³-hybridized carbons (Fsp3) is 0.682. The molecule has 1 fully saturated rings. The van der Waals surface area contributed by atoms with Crippen LogP contribution in [0.4, 0.5) is 0 Å². The molecule has 1 saturated heterocycles. The van der Waals surface area contributed by atoms with Crippen LogP contribution in [0.2, 0.25) is 0 Å². The minimum absolute atomic E-state index is 0.242. The van der Waals surface area contributed by atoms with Crippen LogP contribution >= 0.6 is 0 Å². The number of aliphatic imine (C=N–C) groups is 1. The third kappa shape index (κ3) is 7.79. The lowest BCUT2D eigenvalue weighted by Crippen LogP contribution is -2.47. The fourth-order valence-corrected chi connectivity index (χ4v) is 3.65. The second kappa shape index (κ2) is 11.9. The smallest absolute Gasteiger partial charge is 0.193 e. The van der Waals surface area contributed by atoms with Gasteiger partial charge in [-0.2, -0.15) is 0 Å². The van der Waals surface area contributed by atoms with Crippen molar-refractivity contribution in [1.82, 2.24) is 10.2 Å². The van der Waals surface area contributed by atoms with Crippen LogP contribution < -0.4 is 10.1 Å². The first-order valence-corrected chi connectivity index (χ1v) is 10.5. The standard InChI is InChI=1S/C22H37N3O2/c1-4-23-22(24-17-19(12-15-26)16-18(2)3)25-13-10-21(11-14-25)27-20-8-6-5-7-9-20/h5-9,18-19,21,26H,4,10-17H2,1-3H3,(H,23,24). The molecule has 0 aliphatic carbocycles. The molecular formula is C22H37N3O2. The molecule has 5 nitrogen and oxygen atoms in total. The summed E-state index contributed by atoms with van der Waals surface area (Å²) in [5, 5.41) is 12.8. The van der Waals surface area contributed by atoms with Crippen molar-refractivity contribution in [2.45, 2.75) is 52.6 Å². The molecule has 2 rings (SSSR count). The van der Waals surface area contributed by atoms with E-state index in [2.05, 4.69) is 31.0 Å². The SMILES string of the molecule is CCNC(=NCC(CCO)CC(C)C)N1CCC(Oc2ccccc2)CC1. The van der Waals surface area contributed by atoms with E-state index < -0.39 is 0 Å². The first-order valence-electron chi connectivity index (χ1n) is 10.5. The second-order valence-electron chi connectivity index (χ2n) is 7.82. The normalized spacial score (nSPS) is 17.2. The van der Waals surface area contributed by atoms with E-state index in [4.69, 9.17) is 9.73 Å². The van der Waals surface area contributed by atoms with Crippen molar-refractivity contribution in [1.29, 1.82) is 0 Å². The van der Waals surface area contributed by atoms with E-state index >= 15 is 0 Å². The predicted octanol–water partition coefficient (Wildman–Crippen LogP) is 3.54. The first kappa shape index (κ1) is 21.5. The van der Waals surface area contributed by atoms with Crippen molar-refractivity contribution in [3.8, 4) is 5.75 Å². The molecule has 1 aliphatic heterocycles. The number of hydrogen-bond donors (Lipinski definition) is 2. The van der Waals surface area contributed by atoms with E-state index in [1.54, 1.807) is 0 Å².